The molecule has 0 saturated carbocycles. The summed E-state index contributed by atoms with van der Waals surface area (Å²) in [5.41, 5.74) is 2.70. The number of amides is 2. The monoisotopic (exact) mass is 279 g/mol. The molecule has 0 saturated heterocycles. The van der Waals surface area contributed by atoms with Crippen LogP contribution in [0.3, 0.4) is 0 Å². The van der Waals surface area contributed by atoms with Gasteiger partial charge in [-0.15, -0.1) is 0 Å². The van der Waals surface area contributed by atoms with E-state index in [2.05, 4.69) is 5.32 Å². The van der Waals surface area contributed by atoms with Crippen molar-refractivity contribution >= 4 is 17.6 Å². The van der Waals surface area contributed by atoms with Gasteiger partial charge in [0.05, 0.1) is 6.42 Å². The van der Waals surface area contributed by atoms with E-state index in [-0.39, 0.29) is 24.0 Å². The van der Waals surface area contributed by atoms with Gasteiger partial charge in [0.15, 0.2) is 5.78 Å². The van der Waals surface area contributed by atoms with Crippen LogP contribution >= 0.6 is 0 Å². The van der Waals surface area contributed by atoms with E-state index < -0.39 is 0 Å². The molecule has 2 amide bonds. The lowest BCUT2D eigenvalue weighted by molar-refractivity contribution is -0.129. The average molecular weight is 279 g/mol. The smallest absolute Gasteiger partial charge is 0.254 e. The highest BCUT2D eigenvalue weighted by Gasteiger charge is 2.26. The second-order valence-electron chi connectivity index (χ2n) is 5.02. The molecule has 1 aromatic carbocycles. The Morgan fingerprint density at radius 1 is 1.05 bits per heavy atom. The van der Waals surface area contributed by atoms with Gasteiger partial charge in [-0.05, 0) is 17.2 Å². The Morgan fingerprint density at radius 3 is 2.57 bits per heavy atom. The van der Waals surface area contributed by atoms with E-state index in [0.29, 0.717) is 17.6 Å². The SMILES string of the molecule is O=C1CC2=C(CC(=CC(=O)c3ccccc3)C=C2)C(=O)N1. The van der Waals surface area contributed by atoms with Gasteiger partial charge in [-0.3, -0.25) is 19.7 Å². The van der Waals surface area contributed by atoms with Crippen LogP contribution in [0.15, 0.2) is 65.3 Å². The van der Waals surface area contributed by atoms with Crippen molar-refractivity contribution in [2.75, 3.05) is 0 Å². The molecule has 0 aromatic heterocycles. The predicted octanol–water partition coefficient (Wildman–Crippen LogP) is 2.10. The van der Waals surface area contributed by atoms with Gasteiger partial charge in [0, 0.05) is 17.6 Å². The van der Waals surface area contributed by atoms with Crippen molar-refractivity contribution in [1.29, 1.82) is 0 Å². The molecule has 0 radical (unpaired) electrons. The van der Waals surface area contributed by atoms with Crippen LogP contribution < -0.4 is 5.32 Å². The molecule has 21 heavy (non-hydrogen) atoms. The molecular weight excluding hydrogens is 266 g/mol. The van der Waals surface area contributed by atoms with E-state index in [1.165, 1.54) is 0 Å². The summed E-state index contributed by atoms with van der Waals surface area (Å²) >= 11 is 0. The fourth-order valence-electron chi connectivity index (χ4n) is 2.45. The predicted molar refractivity (Wildman–Crippen MR) is 77.4 cm³/mol. The van der Waals surface area contributed by atoms with Crippen LogP contribution in [0.2, 0.25) is 0 Å². The summed E-state index contributed by atoms with van der Waals surface area (Å²) in [6, 6.07) is 8.97. The van der Waals surface area contributed by atoms with Gasteiger partial charge in [0.2, 0.25) is 5.91 Å². The Morgan fingerprint density at radius 2 is 1.81 bits per heavy atom. The maximum atomic E-state index is 12.1. The normalized spacial score (nSPS) is 19.5. The first-order chi connectivity index (χ1) is 10.1. The third-order valence-electron chi connectivity index (χ3n) is 3.52. The molecule has 104 valence electrons. The first kappa shape index (κ1) is 13.2. The summed E-state index contributed by atoms with van der Waals surface area (Å²) in [5.74, 6) is -0.730. The number of hydrogen-bond acceptors (Lipinski definition) is 3. The molecule has 4 nitrogen and oxygen atoms in total. The minimum absolute atomic E-state index is 0.0911. The van der Waals surface area contributed by atoms with Crippen LogP contribution in [0.1, 0.15) is 23.2 Å². The molecule has 1 N–H and O–H groups in total. The van der Waals surface area contributed by atoms with Crippen LogP contribution in [0, 0.1) is 0 Å². The zero-order chi connectivity index (χ0) is 14.8. The molecule has 0 bridgehead atoms. The summed E-state index contributed by atoms with van der Waals surface area (Å²) in [6.45, 7) is 0. The summed E-state index contributed by atoms with van der Waals surface area (Å²) in [4.78, 5) is 35.2. The Balaban J connectivity index is 1.83. The molecule has 1 heterocycles. The molecule has 0 spiro atoms. The molecule has 0 atom stereocenters. The van der Waals surface area contributed by atoms with Crippen molar-refractivity contribution in [2.24, 2.45) is 0 Å². The molecule has 0 fully saturated rings. The van der Waals surface area contributed by atoms with Gasteiger partial charge in [-0.2, -0.15) is 0 Å². The van der Waals surface area contributed by atoms with E-state index >= 15 is 0 Å². The van der Waals surface area contributed by atoms with Crippen molar-refractivity contribution in [3.8, 4) is 0 Å². The Labute approximate surface area is 121 Å². The fourth-order valence-corrected chi connectivity index (χ4v) is 2.45. The van der Waals surface area contributed by atoms with Crippen LogP contribution in [0.4, 0.5) is 0 Å². The van der Waals surface area contributed by atoms with Crippen molar-refractivity contribution in [1.82, 2.24) is 5.32 Å². The number of hydrogen-bond donors (Lipinski definition) is 1. The average Bonchev–Trinajstić information content (AvgIpc) is 2.48. The molecule has 1 aliphatic carbocycles. The lowest BCUT2D eigenvalue weighted by atomic mass is 9.88. The van der Waals surface area contributed by atoms with Gasteiger partial charge < -0.3 is 0 Å². The van der Waals surface area contributed by atoms with E-state index in [4.69, 9.17) is 0 Å². The summed E-state index contributed by atoms with van der Waals surface area (Å²) < 4.78 is 0. The Kier molecular flexibility index (Phi) is 3.36. The van der Waals surface area contributed by atoms with Gasteiger partial charge in [0.1, 0.15) is 0 Å². The molecule has 1 aromatic rings. The number of imide groups is 1. The van der Waals surface area contributed by atoms with E-state index in [9.17, 15) is 14.4 Å². The third kappa shape index (κ3) is 2.74. The van der Waals surface area contributed by atoms with E-state index in [1.807, 2.05) is 18.2 Å². The van der Waals surface area contributed by atoms with Gasteiger partial charge in [-0.1, -0.05) is 42.5 Å². The quantitative estimate of drug-likeness (QED) is 0.512. The van der Waals surface area contributed by atoms with E-state index in [0.717, 1.165) is 11.1 Å². The minimum atomic E-state index is -0.358. The first-order valence-corrected chi connectivity index (χ1v) is 6.68. The fraction of sp³-hybridized carbons (Fsp3) is 0.118. The maximum absolute atomic E-state index is 12.1. The summed E-state index contributed by atoms with van der Waals surface area (Å²) in [6.07, 6.45) is 5.69. The van der Waals surface area contributed by atoms with Crippen LogP contribution in [-0.4, -0.2) is 17.6 Å². The molecule has 4 heteroatoms. The second-order valence-corrected chi connectivity index (χ2v) is 5.02. The molecule has 3 rings (SSSR count). The number of benzene rings is 1. The standard InChI is InChI=1S/C17H13NO3/c19-15(12-4-2-1-3-5-12)9-11-6-7-13-10-16(20)18-17(21)14(13)8-11/h1-7,9H,8,10H2,(H,18,20,21). The Hall–Kier alpha value is -2.75. The number of allylic oxidation sites excluding steroid dienone is 4. The molecular formula is C17H13NO3. The van der Waals surface area contributed by atoms with Gasteiger partial charge in [-0.25, -0.2) is 0 Å². The number of carbonyl (C=O) groups is 3. The summed E-state index contributed by atoms with van der Waals surface area (Å²) in [7, 11) is 0. The van der Waals surface area contributed by atoms with Crippen molar-refractivity contribution in [3.63, 3.8) is 0 Å². The number of rotatable bonds is 2. The lowest BCUT2D eigenvalue weighted by Gasteiger charge is -2.21. The molecule has 0 unspecified atom stereocenters. The molecule has 1 aliphatic heterocycles. The second kappa shape index (κ2) is 5.32. The van der Waals surface area contributed by atoms with Crippen LogP contribution in [0.5, 0.6) is 0 Å². The highest BCUT2D eigenvalue weighted by Crippen LogP contribution is 2.28. The van der Waals surface area contributed by atoms with Crippen molar-refractivity contribution in [3.05, 3.63) is 70.8 Å². The third-order valence-corrected chi connectivity index (χ3v) is 3.52. The summed E-state index contributed by atoms with van der Waals surface area (Å²) in [5, 5.41) is 2.30. The minimum Gasteiger partial charge on any atom is -0.292 e. The van der Waals surface area contributed by atoms with Crippen LogP contribution in [0.25, 0.3) is 0 Å². The van der Waals surface area contributed by atoms with Crippen molar-refractivity contribution < 1.29 is 14.4 Å². The first-order valence-electron chi connectivity index (χ1n) is 6.68. The number of nitrogens with one attached hydrogen (secondary N) is 1. The number of carbonyl (C=O) groups excluding carboxylic acids is 3. The van der Waals surface area contributed by atoms with Gasteiger partial charge in [0.25, 0.3) is 5.91 Å². The highest BCUT2D eigenvalue weighted by atomic mass is 16.2. The topological polar surface area (TPSA) is 63.2 Å². The zero-order valence-corrected chi connectivity index (χ0v) is 11.3. The highest BCUT2D eigenvalue weighted by molar-refractivity contribution is 6.10. The lowest BCUT2D eigenvalue weighted by Crippen LogP contribution is -2.37. The van der Waals surface area contributed by atoms with E-state index in [1.54, 1.807) is 30.4 Å². The maximum Gasteiger partial charge on any atom is 0.254 e. The zero-order valence-electron chi connectivity index (χ0n) is 11.3. The Bertz CT molecular complexity index is 724. The molecule has 2 aliphatic rings. The largest absolute Gasteiger partial charge is 0.292 e. The van der Waals surface area contributed by atoms with Gasteiger partial charge >= 0.3 is 0 Å². The van der Waals surface area contributed by atoms with Crippen molar-refractivity contribution in [2.45, 2.75) is 12.8 Å². The van der Waals surface area contributed by atoms with Crippen LogP contribution in [-0.2, 0) is 9.59 Å². The number of ketones is 1.